The minimum atomic E-state index is -0.969. The maximum Gasteiger partial charge on any atom is 0.243 e. The maximum absolute atomic E-state index is 13.1. The van der Waals surface area contributed by atoms with Gasteiger partial charge in [-0.2, -0.15) is 0 Å². The highest BCUT2D eigenvalue weighted by Crippen LogP contribution is 2.13. The van der Waals surface area contributed by atoms with Crippen LogP contribution < -0.4 is 38.5 Å². The van der Waals surface area contributed by atoms with Gasteiger partial charge >= 0.3 is 0 Å². The molecule has 0 aliphatic heterocycles. The summed E-state index contributed by atoms with van der Waals surface area (Å²) in [4.78, 5) is 62.8. The topological polar surface area (TPSA) is 212 Å². The van der Waals surface area contributed by atoms with Crippen LogP contribution in [0, 0.1) is 0 Å². The monoisotopic (exact) mass is 654 g/mol. The van der Waals surface area contributed by atoms with E-state index in [4.69, 9.17) is 17.2 Å². The van der Waals surface area contributed by atoms with E-state index in [0.29, 0.717) is 58.0 Å². The fourth-order valence-corrected chi connectivity index (χ4v) is 5.19. The summed E-state index contributed by atoms with van der Waals surface area (Å²) >= 11 is 0. The Bertz CT molecular complexity index is 858. The number of primary amides is 1. The molecule has 10 N–H and O–H groups in total. The minimum absolute atomic E-state index is 0.186. The van der Waals surface area contributed by atoms with E-state index in [1.807, 2.05) is 0 Å². The van der Waals surface area contributed by atoms with Crippen molar-refractivity contribution in [2.75, 3.05) is 13.1 Å². The molecule has 0 spiro atoms. The molecule has 0 bridgehead atoms. The molecule has 46 heavy (non-hydrogen) atoms. The number of nitrogens with two attached hydrogens (primary N) is 3. The number of nitrogens with one attached hydrogen (secondary N) is 4. The van der Waals surface area contributed by atoms with E-state index in [2.05, 4.69) is 28.2 Å². The van der Waals surface area contributed by atoms with Crippen molar-refractivity contribution in [3.63, 3.8) is 0 Å². The van der Waals surface area contributed by atoms with Crippen LogP contribution in [0.15, 0.2) is 0 Å². The van der Waals surface area contributed by atoms with Gasteiger partial charge in [0, 0.05) is 6.42 Å². The quantitative estimate of drug-likeness (QED) is 0.0575. The average molecular weight is 654 g/mol. The third-order valence-corrected chi connectivity index (χ3v) is 8.22. The Morgan fingerprint density at radius 1 is 0.500 bits per heavy atom. The van der Waals surface area contributed by atoms with Gasteiger partial charge in [0.1, 0.15) is 24.2 Å². The van der Waals surface area contributed by atoms with Crippen molar-refractivity contribution in [3.05, 3.63) is 0 Å². The molecule has 0 saturated carbocycles. The lowest BCUT2D eigenvalue weighted by Gasteiger charge is -2.23. The van der Waals surface area contributed by atoms with Crippen LogP contribution in [0.3, 0.4) is 0 Å². The molecule has 0 heterocycles. The summed E-state index contributed by atoms with van der Waals surface area (Å²) in [6.45, 7) is 6.16. The van der Waals surface area contributed by atoms with Gasteiger partial charge in [0.15, 0.2) is 0 Å². The van der Waals surface area contributed by atoms with E-state index >= 15 is 0 Å². The van der Waals surface area contributed by atoms with Gasteiger partial charge in [-0.15, -0.1) is 0 Å². The van der Waals surface area contributed by atoms with Gasteiger partial charge in [0.05, 0.1) is 0 Å². The van der Waals surface area contributed by atoms with Crippen LogP contribution in [0.25, 0.3) is 0 Å². The van der Waals surface area contributed by atoms with Crippen molar-refractivity contribution in [1.82, 2.24) is 21.3 Å². The number of carbonyl (C=O) groups excluding carboxylic acids is 5. The second-order valence-electron chi connectivity index (χ2n) is 12.6. The van der Waals surface area contributed by atoms with E-state index in [-0.39, 0.29) is 5.91 Å². The molecule has 0 radical (unpaired) electrons. The summed E-state index contributed by atoms with van der Waals surface area (Å²) in [5.41, 5.74) is 16.5. The first-order valence-corrected chi connectivity index (χ1v) is 18.0. The number of amides is 5. The second kappa shape index (κ2) is 28.5. The summed E-state index contributed by atoms with van der Waals surface area (Å²) in [7, 11) is 0. The smallest absolute Gasteiger partial charge is 0.243 e. The SMILES string of the molecule is CCCCCCCCCCCCCCCC(=O)NC(CCCCN)C(=O)NC(C)C(=O)NC(C)C(=O)NC(CCCCN)C(N)=O. The van der Waals surface area contributed by atoms with E-state index in [1.54, 1.807) is 0 Å². The first-order valence-electron chi connectivity index (χ1n) is 18.0. The summed E-state index contributed by atoms with van der Waals surface area (Å²) in [5.74, 6) is -2.46. The number of hydrogen-bond acceptors (Lipinski definition) is 7. The maximum atomic E-state index is 13.1. The van der Waals surface area contributed by atoms with Crippen LogP contribution in [-0.4, -0.2) is 66.8 Å². The lowest BCUT2D eigenvalue weighted by Crippen LogP contribution is -2.56. The molecular formula is C34H67N7O5. The molecule has 268 valence electrons. The second-order valence-corrected chi connectivity index (χ2v) is 12.6. The van der Waals surface area contributed by atoms with Gasteiger partial charge < -0.3 is 38.5 Å². The minimum Gasteiger partial charge on any atom is -0.368 e. The Hall–Kier alpha value is -2.73. The number of unbranched alkanes of at least 4 members (excludes halogenated alkanes) is 14. The van der Waals surface area contributed by atoms with Crippen molar-refractivity contribution in [2.24, 2.45) is 17.2 Å². The molecule has 0 fully saturated rings. The third-order valence-electron chi connectivity index (χ3n) is 8.22. The third kappa shape index (κ3) is 22.7. The highest BCUT2D eigenvalue weighted by atomic mass is 16.2. The van der Waals surface area contributed by atoms with Crippen LogP contribution in [0.5, 0.6) is 0 Å². The van der Waals surface area contributed by atoms with E-state index in [0.717, 1.165) is 19.3 Å². The standard InChI is InChI=1S/C34H67N7O5/c1-4-5-6-7-8-9-10-11-12-13-14-15-16-23-30(42)40-29(22-18-20-25-36)34(46)39-26(2)32(44)38-27(3)33(45)41-28(31(37)43)21-17-19-24-35/h26-29H,4-25,35-36H2,1-3H3,(H2,37,43)(H,38,44)(H,39,46)(H,40,42)(H,41,45). The number of rotatable bonds is 30. The molecule has 0 aliphatic carbocycles. The molecule has 4 atom stereocenters. The highest BCUT2D eigenvalue weighted by molar-refractivity contribution is 5.95. The van der Waals surface area contributed by atoms with Crippen LogP contribution in [0.1, 0.15) is 149 Å². The molecular weight excluding hydrogens is 586 g/mol. The summed E-state index contributed by atoms with van der Waals surface area (Å²) in [6.07, 6.45) is 19.7. The van der Waals surface area contributed by atoms with Crippen molar-refractivity contribution in [1.29, 1.82) is 0 Å². The summed E-state index contributed by atoms with van der Waals surface area (Å²) in [6, 6.07) is -3.59. The Morgan fingerprint density at radius 3 is 1.37 bits per heavy atom. The predicted molar refractivity (Wildman–Crippen MR) is 184 cm³/mol. The molecule has 5 amide bonds. The van der Waals surface area contributed by atoms with E-state index in [1.165, 1.54) is 78.1 Å². The normalized spacial score (nSPS) is 13.7. The zero-order valence-electron chi connectivity index (χ0n) is 29.1. The van der Waals surface area contributed by atoms with Gasteiger partial charge in [-0.05, 0) is 71.9 Å². The van der Waals surface area contributed by atoms with E-state index in [9.17, 15) is 24.0 Å². The Morgan fingerprint density at radius 2 is 0.913 bits per heavy atom. The fourth-order valence-electron chi connectivity index (χ4n) is 5.19. The zero-order chi connectivity index (χ0) is 34.6. The van der Waals surface area contributed by atoms with Crippen molar-refractivity contribution >= 4 is 29.5 Å². The molecule has 0 aromatic heterocycles. The molecule has 12 heteroatoms. The lowest BCUT2D eigenvalue weighted by molar-refractivity contribution is -0.134. The fraction of sp³-hybridized carbons (Fsp3) is 0.853. The van der Waals surface area contributed by atoms with Gasteiger partial charge in [0.2, 0.25) is 29.5 Å². The van der Waals surface area contributed by atoms with Crippen molar-refractivity contribution in [3.8, 4) is 0 Å². The molecule has 0 rings (SSSR count). The van der Waals surface area contributed by atoms with Crippen LogP contribution in [-0.2, 0) is 24.0 Å². The Balaban J connectivity index is 4.58. The van der Waals surface area contributed by atoms with Crippen molar-refractivity contribution < 1.29 is 24.0 Å². The van der Waals surface area contributed by atoms with Gasteiger partial charge in [-0.1, -0.05) is 84.0 Å². The predicted octanol–water partition coefficient (Wildman–Crippen LogP) is 3.19. The van der Waals surface area contributed by atoms with E-state index < -0.39 is 47.8 Å². The Labute approximate surface area is 278 Å². The average Bonchev–Trinajstić information content (AvgIpc) is 3.02. The van der Waals surface area contributed by atoms with Gasteiger partial charge in [-0.3, -0.25) is 24.0 Å². The van der Waals surface area contributed by atoms with Crippen LogP contribution >= 0.6 is 0 Å². The summed E-state index contributed by atoms with van der Waals surface area (Å²) in [5, 5.41) is 10.6. The first-order chi connectivity index (χ1) is 22.1. The molecule has 0 saturated heterocycles. The number of carbonyl (C=O) groups is 5. The zero-order valence-corrected chi connectivity index (χ0v) is 29.1. The molecule has 0 aromatic carbocycles. The number of hydrogen-bond donors (Lipinski definition) is 7. The largest absolute Gasteiger partial charge is 0.368 e. The van der Waals surface area contributed by atoms with Crippen LogP contribution in [0.4, 0.5) is 0 Å². The Kier molecular flexibility index (Phi) is 26.8. The molecule has 12 nitrogen and oxygen atoms in total. The van der Waals surface area contributed by atoms with Gasteiger partial charge in [0.25, 0.3) is 0 Å². The van der Waals surface area contributed by atoms with Crippen molar-refractivity contribution in [2.45, 2.75) is 173 Å². The highest BCUT2D eigenvalue weighted by Gasteiger charge is 2.27. The van der Waals surface area contributed by atoms with Crippen LogP contribution in [0.2, 0.25) is 0 Å². The molecule has 4 unspecified atom stereocenters. The molecule has 0 aromatic rings. The lowest BCUT2D eigenvalue weighted by atomic mass is 10.0. The molecule has 0 aliphatic rings. The first kappa shape index (κ1) is 43.3. The van der Waals surface area contributed by atoms with Gasteiger partial charge in [-0.25, -0.2) is 0 Å². The summed E-state index contributed by atoms with van der Waals surface area (Å²) < 4.78 is 0.